The molecule has 0 spiro atoms. The zero-order chi connectivity index (χ0) is 14.0. The summed E-state index contributed by atoms with van der Waals surface area (Å²) >= 11 is 0. The highest BCUT2D eigenvalue weighted by Gasteiger charge is 2.15. The lowest BCUT2D eigenvalue weighted by Gasteiger charge is -2.21. The second-order valence-electron chi connectivity index (χ2n) is 5.61. The minimum atomic E-state index is -3.06. The van der Waals surface area contributed by atoms with E-state index in [0.717, 1.165) is 31.8 Å². The van der Waals surface area contributed by atoms with Crippen molar-refractivity contribution < 1.29 is 8.42 Å². The fourth-order valence-corrected chi connectivity index (χ4v) is 3.75. The fourth-order valence-electron chi connectivity index (χ4n) is 2.66. The van der Waals surface area contributed by atoms with Crippen molar-refractivity contribution in [3.63, 3.8) is 0 Å². The van der Waals surface area contributed by atoms with E-state index in [1.807, 2.05) is 0 Å². The first kappa shape index (κ1) is 16.9. The number of hydrogen-bond acceptors (Lipinski definition) is 3. The van der Waals surface area contributed by atoms with Crippen molar-refractivity contribution in [1.29, 1.82) is 0 Å². The Kier molecular flexibility index (Phi) is 8.66. The molecule has 0 bridgehead atoms. The second-order valence-corrected chi connectivity index (χ2v) is 7.54. The van der Waals surface area contributed by atoms with Crippen LogP contribution < -0.4 is 10.0 Å². The third-order valence-corrected chi connectivity index (χ3v) is 5.26. The van der Waals surface area contributed by atoms with E-state index in [1.165, 1.54) is 32.1 Å². The number of sulfonamides is 1. The summed E-state index contributed by atoms with van der Waals surface area (Å²) in [7, 11) is -3.06. The molecule has 0 radical (unpaired) electrons. The van der Waals surface area contributed by atoms with Crippen LogP contribution >= 0.6 is 0 Å². The molecule has 1 aliphatic rings. The summed E-state index contributed by atoms with van der Waals surface area (Å²) in [6, 6.07) is 0. The summed E-state index contributed by atoms with van der Waals surface area (Å²) in [5, 5.41) is 3.22. The van der Waals surface area contributed by atoms with Crippen molar-refractivity contribution in [3.8, 4) is 0 Å². The van der Waals surface area contributed by atoms with Crippen molar-refractivity contribution in [1.82, 2.24) is 10.0 Å². The van der Waals surface area contributed by atoms with E-state index in [9.17, 15) is 8.42 Å². The second kappa shape index (κ2) is 9.72. The van der Waals surface area contributed by atoms with Gasteiger partial charge < -0.3 is 5.32 Å². The van der Waals surface area contributed by atoms with Gasteiger partial charge in [-0.15, -0.1) is 0 Å². The van der Waals surface area contributed by atoms with Crippen LogP contribution in [0.4, 0.5) is 0 Å². The molecule has 0 aromatic rings. The summed E-state index contributed by atoms with van der Waals surface area (Å²) in [4.78, 5) is 0. The van der Waals surface area contributed by atoms with Crippen molar-refractivity contribution in [2.24, 2.45) is 5.92 Å². The van der Waals surface area contributed by atoms with E-state index in [4.69, 9.17) is 0 Å². The summed E-state index contributed by atoms with van der Waals surface area (Å²) in [5.74, 6) is 0.983. The van der Waals surface area contributed by atoms with Gasteiger partial charge in [0.1, 0.15) is 0 Å². The predicted octanol–water partition coefficient (Wildman–Crippen LogP) is 2.27. The molecule has 1 aliphatic carbocycles. The van der Waals surface area contributed by atoms with E-state index in [-0.39, 0.29) is 5.75 Å². The molecule has 0 heterocycles. The molecule has 2 N–H and O–H groups in total. The Bertz CT molecular complexity index is 311. The van der Waals surface area contributed by atoms with Crippen molar-refractivity contribution >= 4 is 10.0 Å². The van der Waals surface area contributed by atoms with E-state index in [1.54, 1.807) is 0 Å². The van der Waals surface area contributed by atoms with E-state index in [2.05, 4.69) is 17.0 Å². The zero-order valence-corrected chi connectivity index (χ0v) is 13.1. The molecule has 19 heavy (non-hydrogen) atoms. The molecule has 0 atom stereocenters. The van der Waals surface area contributed by atoms with Crippen LogP contribution in [0.25, 0.3) is 0 Å². The summed E-state index contributed by atoms with van der Waals surface area (Å²) < 4.78 is 26.3. The summed E-state index contributed by atoms with van der Waals surface area (Å²) in [6.07, 6.45) is 9.35. The van der Waals surface area contributed by atoms with Crippen LogP contribution in [0.15, 0.2) is 0 Å². The lowest BCUT2D eigenvalue weighted by molar-refractivity contribution is 0.339. The molecule has 0 amide bonds. The van der Waals surface area contributed by atoms with Gasteiger partial charge in [-0.1, -0.05) is 39.0 Å². The quantitative estimate of drug-likeness (QED) is 0.607. The van der Waals surface area contributed by atoms with Gasteiger partial charge >= 0.3 is 0 Å². The molecule has 5 heteroatoms. The molecule has 1 rings (SSSR count). The maximum absolute atomic E-state index is 11.8. The lowest BCUT2D eigenvalue weighted by atomic mass is 9.87. The summed E-state index contributed by atoms with van der Waals surface area (Å²) in [6.45, 7) is 4.48. The topological polar surface area (TPSA) is 58.2 Å². The largest absolute Gasteiger partial charge is 0.317 e. The highest BCUT2D eigenvalue weighted by molar-refractivity contribution is 7.89. The maximum atomic E-state index is 11.8. The molecule has 0 aromatic carbocycles. The highest BCUT2D eigenvalue weighted by atomic mass is 32.2. The van der Waals surface area contributed by atoms with Crippen molar-refractivity contribution in [2.75, 3.05) is 25.4 Å². The molecule has 0 aliphatic heterocycles. The SMILES string of the molecule is CCCNCCCS(=O)(=O)NCCC1CCCCC1. The average Bonchev–Trinajstić information content (AvgIpc) is 2.39. The van der Waals surface area contributed by atoms with Gasteiger partial charge in [-0.2, -0.15) is 0 Å². The Balaban J connectivity index is 2.05. The monoisotopic (exact) mass is 290 g/mol. The van der Waals surface area contributed by atoms with Gasteiger partial charge in [0.25, 0.3) is 0 Å². The predicted molar refractivity (Wildman–Crippen MR) is 80.8 cm³/mol. The smallest absolute Gasteiger partial charge is 0.211 e. The van der Waals surface area contributed by atoms with Crippen LogP contribution in [-0.4, -0.2) is 33.8 Å². The van der Waals surface area contributed by atoms with Gasteiger partial charge in [-0.3, -0.25) is 0 Å². The number of hydrogen-bond donors (Lipinski definition) is 2. The fraction of sp³-hybridized carbons (Fsp3) is 1.00. The van der Waals surface area contributed by atoms with Gasteiger partial charge in [0.15, 0.2) is 0 Å². The molecule has 1 fully saturated rings. The average molecular weight is 290 g/mol. The maximum Gasteiger partial charge on any atom is 0.211 e. The normalized spacial score (nSPS) is 17.7. The minimum absolute atomic E-state index is 0.244. The third-order valence-electron chi connectivity index (χ3n) is 3.79. The Hall–Kier alpha value is -0.130. The molecular weight excluding hydrogens is 260 g/mol. The van der Waals surface area contributed by atoms with E-state index >= 15 is 0 Å². The first-order valence-electron chi connectivity index (χ1n) is 7.82. The highest BCUT2D eigenvalue weighted by Crippen LogP contribution is 2.25. The van der Waals surface area contributed by atoms with Crippen molar-refractivity contribution in [2.45, 2.75) is 58.3 Å². The van der Waals surface area contributed by atoms with Gasteiger partial charge in [0.2, 0.25) is 10.0 Å². The van der Waals surface area contributed by atoms with E-state index < -0.39 is 10.0 Å². The number of rotatable bonds is 10. The first-order chi connectivity index (χ1) is 9.14. The Labute approximate surface area is 118 Å². The van der Waals surface area contributed by atoms with Crippen LogP contribution in [0.2, 0.25) is 0 Å². The Morgan fingerprint density at radius 3 is 2.47 bits per heavy atom. The molecular formula is C14H30N2O2S. The van der Waals surface area contributed by atoms with Crippen LogP contribution in [0, 0.1) is 5.92 Å². The van der Waals surface area contributed by atoms with Gasteiger partial charge in [0, 0.05) is 6.54 Å². The van der Waals surface area contributed by atoms with Crippen LogP contribution in [0.1, 0.15) is 58.3 Å². The molecule has 1 saturated carbocycles. The number of nitrogens with one attached hydrogen (secondary N) is 2. The van der Waals surface area contributed by atoms with Crippen molar-refractivity contribution in [3.05, 3.63) is 0 Å². The molecule has 0 unspecified atom stereocenters. The minimum Gasteiger partial charge on any atom is -0.317 e. The molecule has 0 saturated heterocycles. The molecule has 114 valence electrons. The van der Waals surface area contributed by atoms with Gasteiger partial charge in [-0.25, -0.2) is 13.1 Å². The first-order valence-corrected chi connectivity index (χ1v) is 9.47. The van der Waals surface area contributed by atoms with Gasteiger partial charge in [0.05, 0.1) is 5.75 Å². The standard InChI is InChI=1S/C14H30N2O2S/c1-2-10-15-11-6-13-19(17,18)16-12-9-14-7-4-3-5-8-14/h14-16H,2-13H2,1H3. The lowest BCUT2D eigenvalue weighted by Crippen LogP contribution is -2.30. The Morgan fingerprint density at radius 1 is 1.05 bits per heavy atom. The molecule has 4 nitrogen and oxygen atoms in total. The third kappa shape index (κ3) is 8.60. The van der Waals surface area contributed by atoms with Crippen LogP contribution in [-0.2, 0) is 10.0 Å². The Morgan fingerprint density at radius 2 is 1.79 bits per heavy atom. The van der Waals surface area contributed by atoms with Crippen LogP contribution in [0.5, 0.6) is 0 Å². The van der Waals surface area contributed by atoms with Gasteiger partial charge in [-0.05, 0) is 38.3 Å². The van der Waals surface area contributed by atoms with E-state index in [0.29, 0.717) is 13.0 Å². The summed E-state index contributed by atoms with van der Waals surface area (Å²) in [5.41, 5.74) is 0. The van der Waals surface area contributed by atoms with Crippen LogP contribution in [0.3, 0.4) is 0 Å². The zero-order valence-electron chi connectivity index (χ0n) is 12.3. The molecule has 0 aromatic heterocycles.